The Labute approximate surface area is 104 Å². The Bertz CT molecular complexity index is 417. The number of rotatable bonds is 3. The first kappa shape index (κ1) is 13.0. The van der Waals surface area contributed by atoms with Gasteiger partial charge >= 0.3 is 5.97 Å². The predicted molar refractivity (Wildman–Crippen MR) is 68.4 cm³/mol. The summed E-state index contributed by atoms with van der Waals surface area (Å²) >= 11 is 3.34. The smallest absolute Gasteiger partial charge is 0.314 e. The van der Waals surface area contributed by atoms with E-state index < -0.39 is 11.4 Å². The summed E-state index contributed by atoms with van der Waals surface area (Å²) in [6, 6.07) is 5.31. The zero-order valence-corrected chi connectivity index (χ0v) is 11.2. The first-order valence-corrected chi connectivity index (χ1v) is 5.88. The highest BCUT2D eigenvalue weighted by molar-refractivity contribution is 9.10. The molecule has 0 aliphatic carbocycles. The molecule has 0 aliphatic heterocycles. The van der Waals surface area contributed by atoms with Gasteiger partial charge in [0.15, 0.2) is 0 Å². The highest BCUT2D eigenvalue weighted by Gasteiger charge is 2.40. The molecule has 0 aliphatic rings. The molecule has 1 unspecified atom stereocenters. The van der Waals surface area contributed by atoms with Crippen LogP contribution in [0.3, 0.4) is 0 Å². The Hall–Kier alpha value is -1.03. The zero-order chi connectivity index (χ0) is 12.5. The van der Waals surface area contributed by atoms with E-state index in [4.69, 9.17) is 5.73 Å². The topological polar surface area (TPSA) is 63.3 Å². The van der Waals surface area contributed by atoms with Crippen molar-refractivity contribution in [3.63, 3.8) is 0 Å². The fourth-order valence-electron chi connectivity index (χ4n) is 1.65. The van der Waals surface area contributed by atoms with Crippen molar-refractivity contribution in [2.24, 2.45) is 5.92 Å². The van der Waals surface area contributed by atoms with E-state index in [1.807, 2.05) is 13.8 Å². The molecule has 0 aromatic heterocycles. The van der Waals surface area contributed by atoms with Gasteiger partial charge in [0.1, 0.15) is 0 Å². The molecule has 0 heterocycles. The number of nitrogen functional groups attached to an aromatic ring is 1. The van der Waals surface area contributed by atoms with Gasteiger partial charge in [-0.15, -0.1) is 0 Å². The lowest BCUT2D eigenvalue weighted by molar-refractivity contribution is -0.144. The summed E-state index contributed by atoms with van der Waals surface area (Å²) in [6.07, 6.45) is 0. The van der Waals surface area contributed by atoms with Gasteiger partial charge in [0.25, 0.3) is 0 Å². The van der Waals surface area contributed by atoms with Gasteiger partial charge in [0.2, 0.25) is 0 Å². The number of carboxylic acids is 1. The SMILES string of the molecule is CC(C)C(C)(C(=O)O)c1cc(Br)ccc1N. The Morgan fingerprint density at radius 1 is 1.50 bits per heavy atom. The summed E-state index contributed by atoms with van der Waals surface area (Å²) in [5.41, 5.74) is 6.07. The molecule has 0 saturated heterocycles. The van der Waals surface area contributed by atoms with Crippen molar-refractivity contribution in [3.05, 3.63) is 28.2 Å². The molecule has 1 atom stereocenters. The van der Waals surface area contributed by atoms with Crippen LogP contribution in [-0.4, -0.2) is 11.1 Å². The Morgan fingerprint density at radius 3 is 2.50 bits per heavy atom. The van der Waals surface area contributed by atoms with Crippen molar-refractivity contribution in [1.82, 2.24) is 0 Å². The predicted octanol–water partition coefficient (Wildman–Crippen LogP) is 3.03. The lowest BCUT2D eigenvalue weighted by Gasteiger charge is -2.30. The van der Waals surface area contributed by atoms with Crippen molar-refractivity contribution in [1.29, 1.82) is 0 Å². The number of carboxylic acid groups (broad SMARTS) is 1. The lowest BCUT2D eigenvalue weighted by atomic mass is 9.73. The van der Waals surface area contributed by atoms with Crippen LogP contribution in [-0.2, 0) is 10.2 Å². The van der Waals surface area contributed by atoms with Crippen LogP contribution >= 0.6 is 15.9 Å². The molecule has 88 valence electrons. The van der Waals surface area contributed by atoms with E-state index in [-0.39, 0.29) is 5.92 Å². The molecule has 16 heavy (non-hydrogen) atoms. The highest BCUT2D eigenvalue weighted by Crippen LogP contribution is 2.37. The largest absolute Gasteiger partial charge is 0.481 e. The van der Waals surface area contributed by atoms with Gasteiger partial charge in [-0.1, -0.05) is 29.8 Å². The molecule has 0 spiro atoms. The van der Waals surface area contributed by atoms with E-state index in [0.717, 1.165) is 4.47 Å². The van der Waals surface area contributed by atoms with E-state index >= 15 is 0 Å². The molecular formula is C12H16BrNO2. The van der Waals surface area contributed by atoms with Crippen molar-refractivity contribution < 1.29 is 9.90 Å². The number of hydrogen-bond acceptors (Lipinski definition) is 2. The van der Waals surface area contributed by atoms with Crippen LogP contribution in [0.1, 0.15) is 26.3 Å². The third kappa shape index (κ3) is 2.07. The fraction of sp³-hybridized carbons (Fsp3) is 0.417. The quantitative estimate of drug-likeness (QED) is 0.839. The molecule has 0 radical (unpaired) electrons. The van der Waals surface area contributed by atoms with Crippen LogP contribution in [0, 0.1) is 5.92 Å². The van der Waals surface area contributed by atoms with Crippen LogP contribution in [0.5, 0.6) is 0 Å². The van der Waals surface area contributed by atoms with Gasteiger partial charge in [-0.3, -0.25) is 4.79 Å². The number of anilines is 1. The van der Waals surface area contributed by atoms with Gasteiger partial charge in [-0.25, -0.2) is 0 Å². The fourth-order valence-corrected chi connectivity index (χ4v) is 2.01. The van der Waals surface area contributed by atoms with Gasteiger partial charge in [0, 0.05) is 10.2 Å². The van der Waals surface area contributed by atoms with Crippen molar-refractivity contribution >= 4 is 27.6 Å². The monoisotopic (exact) mass is 285 g/mol. The van der Waals surface area contributed by atoms with E-state index in [0.29, 0.717) is 11.3 Å². The molecule has 1 aromatic carbocycles. The summed E-state index contributed by atoms with van der Waals surface area (Å²) in [5.74, 6) is -0.895. The Morgan fingerprint density at radius 2 is 2.06 bits per heavy atom. The number of halogens is 1. The molecule has 0 amide bonds. The van der Waals surface area contributed by atoms with Crippen LogP contribution in [0.15, 0.2) is 22.7 Å². The summed E-state index contributed by atoms with van der Waals surface area (Å²) < 4.78 is 0.838. The number of aliphatic carboxylic acids is 1. The van der Waals surface area contributed by atoms with Gasteiger partial charge in [-0.05, 0) is 36.6 Å². The van der Waals surface area contributed by atoms with E-state index in [1.165, 1.54) is 0 Å². The Kier molecular flexibility index (Phi) is 3.63. The first-order valence-electron chi connectivity index (χ1n) is 5.09. The second-order valence-corrected chi connectivity index (χ2v) is 5.31. The number of nitrogens with two attached hydrogens (primary N) is 1. The number of hydrogen-bond donors (Lipinski definition) is 2. The maximum absolute atomic E-state index is 11.5. The molecular weight excluding hydrogens is 270 g/mol. The zero-order valence-electron chi connectivity index (χ0n) is 9.62. The molecule has 3 nitrogen and oxygen atoms in total. The van der Waals surface area contributed by atoms with Crippen molar-refractivity contribution in [3.8, 4) is 0 Å². The Balaban J connectivity index is 3.43. The van der Waals surface area contributed by atoms with Crippen LogP contribution in [0.4, 0.5) is 5.69 Å². The molecule has 1 aromatic rings. The summed E-state index contributed by atoms with van der Waals surface area (Å²) in [5, 5.41) is 9.40. The maximum atomic E-state index is 11.5. The van der Waals surface area contributed by atoms with Gasteiger partial charge in [0.05, 0.1) is 5.41 Å². The normalized spacial score (nSPS) is 14.8. The van der Waals surface area contributed by atoms with Crippen LogP contribution in [0.25, 0.3) is 0 Å². The average molecular weight is 286 g/mol. The second-order valence-electron chi connectivity index (χ2n) is 4.39. The molecule has 1 rings (SSSR count). The third-order valence-corrected chi connectivity index (χ3v) is 3.67. The minimum atomic E-state index is -0.964. The second kappa shape index (κ2) is 4.45. The van der Waals surface area contributed by atoms with Crippen LogP contribution in [0.2, 0.25) is 0 Å². The minimum absolute atomic E-state index is 0.0402. The molecule has 3 N–H and O–H groups in total. The van der Waals surface area contributed by atoms with E-state index in [2.05, 4.69) is 15.9 Å². The maximum Gasteiger partial charge on any atom is 0.314 e. The molecule has 0 fully saturated rings. The first-order chi connectivity index (χ1) is 7.30. The summed E-state index contributed by atoms with van der Waals surface area (Å²) in [7, 11) is 0. The minimum Gasteiger partial charge on any atom is -0.481 e. The molecule has 0 saturated carbocycles. The van der Waals surface area contributed by atoms with E-state index in [1.54, 1.807) is 25.1 Å². The molecule has 4 heteroatoms. The van der Waals surface area contributed by atoms with Crippen LogP contribution < -0.4 is 5.73 Å². The van der Waals surface area contributed by atoms with E-state index in [9.17, 15) is 9.90 Å². The van der Waals surface area contributed by atoms with Gasteiger partial charge in [-0.2, -0.15) is 0 Å². The van der Waals surface area contributed by atoms with Crippen molar-refractivity contribution in [2.75, 3.05) is 5.73 Å². The molecule has 0 bridgehead atoms. The lowest BCUT2D eigenvalue weighted by Crippen LogP contribution is -2.38. The number of benzene rings is 1. The van der Waals surface area contributed by atoms with Gasteiger partial charge < -0.3 is 10.8 Å². The highest BCUT2D eigenvalue weighted by atomic mass is 79.9. The summed E-state index contributed by atoms with van der Waals surface area (Å²) in [6.45, 7) is 5.47. The van der Waals surface area contributed by atoms with Crippen molar-refractivity contribution in [2.45, 2.75) is 26.2 Å². The standard InChI is InChI=1S/C12H16BrNO2/c1-7(2)12(3,11(15)16)9-6-8(13)4-5-10(9)14/h4-7H,14H2,1-3H3,(H,15,16). The average Bonchev–Trinajstić information content (AvgIpc) is 2.19. The summed E-state index contributed by atoms with van der Waals surface area (Å²) in [4.78, 5) is 11.5. The number of carbonyl (C=O) groups is 1. The third-order valence-electron chi connectivity index (χ3n) is 3.17.